The third-order valence-corrected chi connectivity index (χ3v) is 8.53. The van der Waals surface area contributed by atoms with Crippen LogP contribution in [0.4, 0.5) is 10.5 Å². The predicted octanol–water partition coefficient (Wildman–Crippen LogP) is 5.98. The number of nitrogens with zero attached hydrogens (tertiary/aromatic N) is 2. The van der Waals surface area contributed by atoms with E-state index >= 15 is 0 Å². The largest absolute Gasteiger partial charge is 0.356 e. The number of amides is 4. The van der Waals surface area contributed by atoms with Gasteiger partial charge in [0.25, 0.3) is 11.8 Å². The molecule has 4 amide bonds. The maximum Gasteiger partial charge on any atom is 0.332 e. The lowest BCUT2D eigenvalue weighted by Gasteiger charge is -2.36. The maximum atomic E-state index is 14.2. The second-order valence-corrected chi connectivity index (χ2v) is 11.0. The molecule has 2 atom stereocenters. The minimum Gasteiger partial charge on any atom is -0.356 e. The molecule has 4 aromatic rings. The van der Waals surface area contributed by atoms with E-state index in [1.165, 1.54) is 4.90 Å². The van der Waals surface area contributed by atoms with Crippen LogP contribution in [0, 0.1) is 0 Å². The van der Waals surface area contributed by atoms with Crippen LogP contribution in [0.2, 0.25) is 5.02 Å². The Labute approximate surface area is 230 Å². The number of hydrogen-bond donors (Lipinski definition) is 2. The number of fused-ring (bicyclic) bond motifs is 4. The van der Waals surface area contributed by atoms with Gasteiger partial charge in [0.2, 0.25) is 0 Å². The van der Waals surface area contributed by atoms with Gasteiger partial charge in [0.05, 0.1) is 11.3 Å². The van der Waals surface area contributed by atoms with Gasteiger partial charge >= 0.3 is 6.03 Å². The van der Waals surface area contributed by atoms with Crippen molar-refractivity contribution in [2.24, 2.45) is 0 Å². The lowest BCUT2D eigenvalue weighted by Crippen LogP contribution is -2.44. The molecule has 0 unspecified atom stereocenters. The fourth-order valence-electron chi connectivity index (χ4n) is 6.51. The summed E-state index contributed by atoms with van der Waals surface area (Å²) in [5.74, 6) is -0.588. The average molecular weight is 539 g/mol. The molecule has 0 spiro atoms. The lowest BCUT2D eigenvalue weighted by atomic mass is 9.89. The third-order valence-electron chi connectivity index (χ3n) is 8.29. The zero-order chi connectivity index (χ0) is 26.7. The van der Waals surface area contributed by atoms with E-state index in [0.717, 1.165) is 53.4 Å². The molecular weight excluding hydrogens is 512 g/mol. The molecule has 0 radical (unpaired) electrons. The number of halogens is 1. The Morgan fingerprint density at radius 3 is 2.54 bits per heavy atom. The topological polar surface area (TPSA) is 85.5 Å². The van der Waals surface area contributed by atoms with Gasteiger partial charge in [0.15, 0.2) is 0 Å². The second-order valence-electron chi connectivity index (χ2n) is 10.6. The van der Waals surface area contributed by atoms with E-state index < -0.39 is 18.1 Å². The first-order valence-corrected chi connectivity index (χ1v) is 13.8. The predicted molar refractivity (Wildman–Crippen MR) is 150 cm³/mol. The molecule has 3 aliphatic rings. The monoisotopic (exact) mass is 538 g/mol. The second kappa shape index (κ2) is 9.27. The summed E-state index contributed by atoms with van der Waals surface area (Å²) in [5.41, 5.74) is 4.32. The summed E-state index contributed by atoms with van der Waals surface area (Å²) in [6.07, 6.45) is 4.45. The molecule has 1 aromatic heterocycles. The van der Waals surface area contributed by atoms with Gasteiger partial charge in [0.1, 0.15) is 12.1 Å². The Morgan fingerprint density at radius 2 is 1.72 bits per heavy atom. The Bertz CT molecular complexity index is 1640. The first-order chi connectivity index (χ1) is 19.0. The van der Waals surface area contributed by atoms with Crippen LogP contribution in [0.1, 0.15) is 58.9 Å². The number of aromatic amines is 1. The Hall–Kier alpha value is -4.10. The van der Waals surface area contributed by atoms with Crippen LogP contribution in [-0.2, 0) is 11.2 Å². The van der Waals surface area contributed by atoms with E-state index in [2.05, 4.69) is 10.3 Å². The van der Waals surface area contributed by atoms with Crippen LogP contribution in [0.5, 0.6) is 0 Å². The number of urea groups is 1. The average Bonchev–Trinajstić information content (AvgIpc) is 3.65. The molecular formula is C31H27ClN4O3. The molecule has 39 heavy (non-hydrogen) atoms. The zero-order valence-corrected chi connectivity index (χ0v) is 21.9. The van der Waals surface area contributed by atoms with E-state index in [1.807, 2.05) is 42.5 Å². The van der Waals surface area contributed by atoms with Crippen molar-refractivity contribution < 1.29 is 14.4 Å². The summed E-state index contributed by atoms with van der Waals surface area (Å²) < 4.78 is 0. The van der Waals surface area contributed by atoms with Crippen molar-refractivity contribution in [1.82, 2.24) is 15.2 Å². The molecule has 7 nitrogen and oxygen atoms in total. The third kappa shape index (κ3) is 3.83. The number of nitrogens with one attached hydrogen (secondary N) is 2. The van der Waals surface area contributed by atoms with E-state index in [0.29, 0.717) is 22.7 Å². The number of carbonyl (C=O) groups is 3. The summed E-state index contributed by atoms with van der Waals surface area (Å²) >= 11 is 6.39. The Balaban J connectivity index is 1.33. The SMILES string of the molecule is O=C(NC1CCCC1)c1ccccc1N1C(=O)[C@@H]2Cc3c([nH]c4ccccc34)[C@@H](c3cccc(Cl)c3)N2C1=O. The van der Waals surface area contributed by atoms with Gasteiger partial charge in [0, 0.05) is 34.1 Å². The molecule has 196 valence electrons. The quantitative estimate of drug-likeness (QED) is 0.314. The first-order valence-electron chi connectivity index (χ1n) is 13.4. The van der Waals surface area contributed by atoms with Crippen molar-refractivity contribution in [2.45, 2.75) is 50.2 Å². The van der Waals surface area contributed by atoms with Gasteiger partial charge in [-0.2, -0.15) is 0 Å². The van der Waals surface area contributed by atoms with E-state index in [4.69, 9.17) is 11.6 Å². The number of aromatic nitrogens is 1. The van der Waals surface area contributed by atoms with Crippen molar-refractivity contribution >= 4 is 46.0 Å². The van der Waals surface area contributed by atoms with Crippen LogP contribution in [-0.4, -0.2) is 39.8 Å². The fraction of sp³-hybridized carbons (Fsp3) is 0.258. The van der Waals surface area contributed by atoms with Crippen LogP contribution in [0.15, 0.2) is 72.8 Å². The number of imide groups is 1. The molecule has 1 saturated carbocycles. The van der Waals surface area contributed by atoms with Gasteiger partial charge in [-0.1, -0.05) is 66.9 Å². The summed E-state index contributed by atoms with van der Waals surface area (Å²) in [5, 5.41) is 4.69. The van der Waals surface area contributed by atoms with Gasteiger partial charge in [-0.3, -0.25) is 14.5 Å². The molecule has 2 aliphatic heterocycles. The highest BCUT2D eigenvalue weighted by Crippen LogP contribution is 2.45. The molecule has 1 aliphatic carbocycles. The summed E-state index contributed by atoms with van der Waals surface area (Å²) in [4.78, 5) is 48.0. The molecule has 7 rings (SSSR count). The van der Waals surface area contributed by atoms with Crippen molar-refractivity contribution in [1.29, 1.82) is 0 Å². The van der Waals surface area contributed by atoms with Gasteiger partial charge < -0.3 is 10.3 Å². The van der Waals surface area contributed by atoms with Crippen LogP contribution in [0.3, 0.4) is 0 Å². The molecule has 2 N–H and O–H groups in total. The number of benzene rings is 3. The summed E-state index contributed by atoms with van der Waals surface area (Å²) in [7, 11) is 0. The van der Waals surface area contributed by atoms with Crippen LogP contribution < -0.4 is 10.2 Å². The van der Waals surface area contributed by atoms with Crippen LogP contribution >= 0.6 is 11.6 Å². The maximum absolute atomic E-state index is 14.2. The van der Waals surface area contributed by atoms with Crippen molar-refractivity contribution in [2.75, 3.05) is 4.90 Å². The Morgan fingerprint density at radius 1 is 0.949 bits per heavy atom. The molecule has 1 saturated heterocycles. The standard InChI is InChI=1S/C31H27ClN4O3/c32-19-9-7-8-18(16-19)28-27-23(21-12-3-5-14-24(21)34-27)17-26-30(38)36(31(39)35(26)28)25-15-6-4-13-22(25)29(37)33-20-10-1-2-11-20/h3-9,12-16,20,26,28,34H,1-2,10-11,17H2,(H,33,37)/t26-,28+/m0/s1. The summed E-state index contributed by atoms with van der Waals surface area (Å²) in [6.45, 7) is 0. The van der Waals surface area contributed by atoms with Crippen molar-refractivity contribution in [3.05, 3.63) is 100 Å². The molecule has 3 aromatic carbocycles. The number of anilines is 1. The highest BCUT2D eigenvalue weighted by atomic mass is 35.5. The molecule has 3 heterocycles. The van der Waals surface area contributed by atoms with Crippen LogP contribution in [0.25, 0.3) is 10.9 Å². The van der Waals surface area contributed by atoms with Crippen molar-refractivity contribution in [3.8, 4) is 0 Å². The van der Waals surface area contributed by atoms with Gasteiger partial charge in [-0.25, -0.2) is 9.69 Å². The smallest absolute Gasteiger partial charge is 0.332 e. The molecule has 8 heteroatoms. The van der Waals surface area contributed by atoms with Gasteiger partial charge in [-0.15, -0.1) is 0 Å². The van der Waals surface area contributed by atoms with E-state index in [1.54, 1.807) is 35.2 Å². The molecule has 2 fully saturated rings. The van der Waals surface area contributed by atoms with Crippen molar-refractivity contribution in [3.63, 3.8) is 0 Å². The first kappa shape index (κ1) is 24.0. The van der Waals surface area contributed by atoms with Gasteiger partial charge in [-0.05, 0) is 54.3 Å². The number of carbonyl (C=O) groups excluding carboxylic acids is 3. The minimum atomic E-state index is -0.709. The lowest BCUT2D eigenvalue weighted by molar-refractivity contribution is -0.120. The van der Waals surface area contributed by atoms with E-state index in [9.17, 15) is 14.4 Å². The Kier molecular flexibility index (Phi) is 5.70. The minimum absolute atomic E-state index is 0.118. The normalized spacial score (nSPS) is 20.9. The number of hydrogen-bond acceptors (Lipinski definition) is 3. The molecule has 0 bridgehead atoms. The highest BCUT2D eigenvalue weighted by Gasteiger charge is 2.53. The number of para-hydroxylation sites is 2. The summed E-state index contributed by atoms with van der Waals surface area (Å²) in [6, 6.07) is 20.7. The fourth-order valence-corrected chi connectivity index (χ4v) is 6.71. The number of H-pyrrole nitrogens is 1. The van der Waals surface area contributed by atoms with E-state index in [-0.39, 0.29) is 17.9 Å². The zero-order valence-electron chi connectivity index (χ0n) is 21.2. The number of rotatable bonds is 4. The highest BCUT2D eigenvalue weighted by molar-refractivity contribution is 6.30.